The Balaban J connectivity index is 1.54. The van der Waals surface area contributed by atoms with Crippen LogP contribution in [-0.4, -0.2) is 48.3 Å². The number of hydrogen-bond donors (Lipinski definition) is 0. The summed E-state index contributed by atoms with van der Waals surface area (Å²) in [5.74, 6) is -1.42. The zero-order valence-electron chi connectivity index (χ0n) is 18.5. The quantitative estimate of drug-likeness (QED) is 0.543. The number of nitrogens with zero attached hydrogens (tertiary/aromatic N) is 2. The van der Waals surface area contributed by atoms with Crippen LogP contribution in [0.5, 0.6) is 0 Å². The molecule has 7 heteroatoms. The van der Waals surface area contributed by atoms with Gasteiger partial charge in [0.1, 0.15) is 0 Å². The van der Waals surface area contributed by atoms with Crippen LogP contribution < -0.4 is 4.90 Å². The molecule has 0 bridgehead atoms. The molecule has 0 N–H and O–H groups in total. The highest BCUT2D eigenvalue weighted by Gasteiger charge is 2.38. The van der Waals surface area contributed by atoms with E-state index in [2.05, 4.69) is 0 Å². The molecule has 0 radical (unpaired) electrons. The van der Waals surface area contributed by atoms with Crippen molar-refractivity contribution in [3.05, 3.63) is 64.2 Å². The van der Waals surface area contributed by atoms with E-state index in [1.54, 1.807) is 24.0 Å². The largest absolute Gasteiger partial charge is 0.466 e. The number of ether oxygens (including phenoxy) is 1. The summed E-state index contributed by atoms with van der Waals surface area (Å²) in [6.07, 6.45) is 1.10. The van der Waals surface area contributed by atoms with Crippen molar-refractivity contribution in [1.82, 2.24) is 4.90 Å². The van der Waals surface area contributed by atoms with E-state index < -0.39 is 5.91 Å². The van der Waals surface area contributed by atoms with Gasteiger partial charge in [0.15, 0.2) is 0 Å². The minimum atomic E-state index is -0.422. The first kappa shape index (κ1) is 21.7. The molecule has 1 saturated heterocycles. The zero-order chi connectivity index (χ0) is 23.0. The number of fused-ring (bicyclic) bond motifs is 1. The monoisotopic (exact) mass is 434 g/mol. The van der Waals surface area contributed by atoms with Crippen molar-refractivity contribution in [3.8, 4) is 0 Å². The number of rotatable bonds is 4. The van der Waals surface area contributed by atoms with Crippen molar-refractivity contribution in [1.29, 1.82) is 0 Å². The molecule has 0 spiro atoms. The average Bonchev–Trinajstić information content (AvgIpc) is 3.04. The molecule has 0 saturated carbocycles. The van der Waals surface area contributed by atoms with E-state index >= 15 is 0 Å². The number of carbonyl (C=O) groups is 4. The smallest absolute Gasteiger partial charge is 0.309 e. The molecule has 166 valence electrons. The highest BCUT2D eigenvalue weighted by Crippen LogP contribution is 2.32. The van der Waals surface area contributed by atoms with Crippen LogP contribution >= 0.6 is 0 Å². The molecule has 32 heavy (non-hydrogen) atoms. The summed E-state index contributed by atoms with van der Waals surface area (Å²) in [6.45, 7) is 6.77. The van der Waals surface area contributed by atoms with E-state index in [-0.39, 0.29) is 29.3 Å². The first-order chi connectivity index (χ1) is 15.3. The number of benzene rings is 2. The molecule has 2 aromatic rings. The predicted molar refractivity (Wildman–Crippen MR) is 119 cm³/mol. The van der Waals surface area contributed by atoms with Gasteiger partial charge in [-0.3, -0.25) is 19.2 Å². The van der Waals surface area contributed by atoms with E-state index in [0.717, 1.165) is 11.1 Å². The van der Waals surface area contributed by atoms with Crippen LogP contribution in [0.25, 0.3) is 0 Å². The Morgan fingerprint density at radius 3 is 2.34 bits per heavy atom. The number of esters is 1. The van der Waals surface area contributed by atoms with E-state index in [9.17, 15) is 19.2 Å². The Labute approximate surface area is 187 Å². The summed E-state index contributed by atoms with van der Waals surface area (Å²) in [4.78, 5) is 53.9. The average molecular weight is 434 g/mol. The first-order valence-corrected chi connectivity index (χ1v) is 10.9. The van der Waals surface area contributed by atoms with Crippen LogP contribution in [0.3, 0.4) is 0 Å². The standard InChI is InChI=1S/C25H26N2O5/c1-4-32-25(31)17-9-11-26(12-10-17)22(28)18-7-8-19-20(14-18)24(30)27(23(19)29)21-13-15(2)5-6-16(21)3/h5-8,13-14,17H,4,9-12H2,1-3H3. The summed E-state index contributed by atoms with van der Waals surface area (Å²) in [6, 6.07) is 10.3. The minimum absolute atomic E-state index is 0.190. The van der Waals surface area contributed by atoms with Gasteiger partial charge in [0.2, 0.25) is 0 Å². The summed E-state index contributed by atoms with van der Waals surface area (Å²) in [5, 5.41) is 0. The van der Waals surface area contributed by atoms with Crippen LogP contribution in [0, 0.1) is 19.8 Å². The molecule has 0 atom stereocenters. The minimum Gasteiger partial charge on any atom is -0.466 e. The van der Waals surface area contributed by atoms with Crippen molar-refractivity contribution in [2.24, 2.45) is 5.92 Å². The Hall–Kier alpha value is -3.48. The molecule has 2 aliphatic rings. The highest BCUT2D eigenvalue weighted by atomic mass is 16.5. The van der Waals surface area contributed by atoms with Gasteiger partial charge in [-0.2, -0.15) is 0 Å². The van der Waals surface area contributed by atoms with E-state index in [1.807, 2.05) is 32.0 Å². The van der Waals surface area contributed by atoms with Crippen molar-refractivity contribution in [3.63, 3.8) is 0 Å². The third kappa shape index (κ3) is 3.79. The number of carbonyl (C=O) groups excluding carboxylic acids is 4. The van der Waals surface area contributed by atoms with E-state index in [4.69, 9.17) is 4.74 Å². The summed E-state index contributed by atoms with van der Waals surface area (Å²) in [5.41, 5.74) is 3.24. The maximum Gasteiger partial charge on any atom is 0.309 e. The lowest BCUT2D eigenvalue weighted by atomic mass is 9.96. The summed E-state index contributed by atoms with van der Waals surface area (Å²) < 4.78 is 5.08. The molecule has 0 unspecified atom stereocenters. The van der Waals surface area contributed by atoms with Crippen LogP contribution in [-0.2, 0) is 9.53 Å². The number of piperidine rings is 1. The second-order valence-corrected chi connectivity index (χ2v) is 8.31. The molecule has 0 aromatic heterocycles. The van der Waals surface area contributed by atoms with Gasteiger partial charge < -0.3 is 9.64 Å². The molecule has 2 aromatic carbocycles. The van der Waals surface area contributed by atoms with Crippen LogP contribution in [0.1, 0.15) is 62.0 Å². The van der Waals surface area contributed by atoms with Crippen LogP contribution in [0.4, 0.5) is 5.69 Å². The third-order valence-corrected chi connectivity index (χ3v) is 6.14. The lowest BCUT2D eigenvalue weighted by Gasteiger charge is -2.31. The predicted octanol–water partition coefficient (Wildman–Crippen LogP) is 3.52. The van der Waals surface area contributed by atoms with Gasteiger partial charge in [0.05, 0.1) is 29.3 Å². The van der Waals surface area contributed by atoms with Crippen molar-refractivity contribution in [2.75, 3.05) is 24.6 Å². The fourth-order valence-electron chi connectivity index (χ4n) is 4.31. The Kier molecular flexibility index (Phi) is 5.82. The van der Waals surface area contributed by atoms with E-state index in [1.165, 1.54) is 11.0 Å². The molecule has 1 fully saturated rings. The van der Waals surface area contributed by atoms with Gasteiger partial charge in [-0.25, -0.2) is 4.90 Å². The topological polar surface area (TPSA) is 84.0 Å². The Morgan fingerprint density at radius 2 is 1.66 bits per heavy atom. The number of anilines is 1. The first-order valence-electron chi connectivity index (χ1n) is 10.9. The Bertz CT molecular complexity index is 1120. The normalized spacial score (nSPS) is 16.3. The second-order valence-electron chi connectivity index (χ2n) is 8.31. The molecule has 3 amide bonds. The van der Waals surface area contributed by atoms with Crippen molar-refractivity contribution in [2.45, 2.75) is 33.6 Å². The number of hydrogen-bond acceptors (Lipinski definition) is 5. The van der Waals surface area contributed by atoms with Crippen molar-refractivity contribution >= 4 is 29.4 Å². The maximum atomic E-state index is 13.1. The molecular weight excluding hydrogens is 408 g/mol. The fourth-order valence-corrected chi connectivity index (χ4v) is 4.31. The number of imide groups is 1. The molecule has 2 aliphatic heterocycles. The molecule has 7 nitrogen and oxygen atoms in total. The van der Waals surface area contributed by atoms with Crippen LogP contribution in [0.15, 0.2) is 36.4 Å². The summed E-state index contributed by atoms with van der Waals surface area (Å²) in [7, 11) is 0. The SMILES string of the molecule is CCOC(=O)C1CCN(C(=O)c2ccc3c(c2)C(=O)N(c2cc(C)ccc2C)C3=O)CC1. The third-order valence-electron chi connectivity index (χ3n) is 6.14. The molecule has 2 heterocycles. The van der Waals surface area contributed by atoms with Crippen molar-refractivity contribution < 1.29 is 23.9 Å². The van der Waals surface area contributed by atoms with E-state index in [0.29, 0.717) is 49.4 Å². The zero-order valence-corrected chi connectivity index (χ0v) is 18.5. The van der Waals surface area contributed by atoms with Gasteiger partial charge in [-0.1, -0.05) is 12.1 Å². The van der Waals surface area contributed by atoms with Gasteiger partial charge >= 0.3 is 5.97 Å². The summed E-state index contributed by atoms with van der Waals surface area (Å²) >= 11 is 0. The molecule has 0 aliphatic carbocycles. The molecule has 4 rings (SSSR count). The fraction of sp³-hybridized carbons (Fsp3) is 0.360. The van der Waals surface area contributed by atoms with Gasteiger partial charge in [0, 0.05) is 18.7 Å². The number of likely N-dealkylation sites (tertiary alicyclic amines) is 1. The number of aryl methyl sites for hydroxylation is 2. The van der Waals surface area contributed by atoms with Crippen LogP contribution in [0.2, 0.25) is 0 Å². The molecular formula is C25H26N2O5. The highest BCUT2D eigenvalue weighted by molar-refractivity contribution is 6.35. The lowest BCUT2D eigenvalue weighted by Crippen LogP contribution is -2.40. The maximum absolute atomic E-state index is 13.1. The lowest BCUT2D eigenvalue weighted by molar-refractivity contribution is -0.149. The Morgan fingerprint density at radius 1 is 0.969 bits per heavy atom. The van der Waals surface area contributed by atoms with Gasteiger partial charge in [0.25, 0.3) is 17.7 Å². The van der Waals surface area contributed by atoms with Gasteiger partial charge in [-0.15, -0.1) is 0 Å². The van der Waals surface area contributed by atoms with Gasteiger partial charge in [-0.05, 0) is 69.0 Å². The second kappa shape index (κ2) is 8.57. The number of amides is 3.